The SMILES string of the molecule is CC(C)(C)[S+]([O-])N[C@@H]1c2ccccc2CC12CCN(c1cnc3c(C4(c5ccccc5)CC4)[nH]nc3n1)CC2. The number of nitrogens with zero attached hydrogens (tertiary/aromatic N) is 4. The van der Waals surface area contributed by atoms with Crippen molar-refractivity contribution >= 4 is 28.3 Å². The van der Waals surface area contributed by atoms with Gasteiger partial charge in [-0.25, -0.2) is 9.97 Å². The Kier molecular flexibility index (Phi) is 5.81. The number of aromatic amines is 1. The van der Waals surface area contributed by atoms with E-state index in [0.717, 1.165) is 62.2 Å². The Morgan fingerprint density at radius 2 is 1.72 bits per heavy atom. The summed E-state index contributed by atoms with van der Waals surface area (Å²) in [5, 5.41) is 7.90. The molecule has 2 fully saturated rings. The summed E-state index contributed by atoms with van der Waals surface area (Å²) in [6.07, 6.45) is 7.15. The molecule has 1 saturated carbocycles. The van der Waals surface area contributed by atoms with Gasteiger partial charge in [-0.05, 0) is 69.6 Å². The summed E-state index contributed by atoms with van der Waals surface area (Å²) in [7, 11) is 0. The normalized spacial score (nSPS) is 22.3. The Labute approximate surface area is 233 Å². The standard InChI is InChI=1S/C31H36N6OS/c1-29(2,3)39(38)36-26-23-12-8-7-9-21(23)19-30(26)15-17-37(18-16-30)24-20-32-25-27(34-35-28(25)33-24)31(13-14-31)22-10-5-4-6-11-22/h4-12,20,26,36H,13-19H2,1-3H3,(H,33,34,35)/t26-,39?/m1/s1. The van der Waals surface area contributed by atoms with Crippen LogP contribution in [-0.2, 0) is 23.2 Å². The predicted molar refractivity (Wildman–Crippen MR) is 156 cm³/mol. The van der Waals surface area contributed by atoms with Gasteiger partial charge in [0.05, 0.1) is 17.9 Å². The first-order chi connectivity index (χ1) is 18.8. The van der Waals surface area contributed by atoms with Crippen molar-refractivity contribution in [3.63, 3.8) is 0 Å². The number of H-pyrrole nitrogens is 1. The fourth-order valence-corrected chi connectivity index (χ4v) is 7.69. The van der Waals surface area contributed by atoms with Crippen molar-refractivity contribution < 1.29 is 4.55 Å². The van der Waals surface area contributed by atoms with Crippen LogP contribution in [0.2, 0.25) is 0 Å². The molecular formula is C31H36N6OS. The Hall–Kier alpha value is -2.94. The molecule has 4 aromatic rings. The number of hydrogen-bond donors (Lipinski definition) is 2. The molecule has 2 atom stereocenters. The fraction of sp³-hybridized carbons (Fsp3) is 0.452. The molecule has 202 valence electrons. The molecule has 1 spiro atoms. The van der Waals surface area contributed by atoms with E-state index in [9.17, 15) is 4.55 Å². The van der Waals surface area contributed by atoms with Crippen LogP contribution in [0.1, 0.15) is 74.9 Å². The molecule has 3 aliphatic rings. The number of anilines is 1. The number of rotatable bonds is 5. The molecular weight excluding hydrogens is 504 g/mol. The molecule has 1 saturated heterocycles. The van der Waals surface area contributed by atoms with Gasteiger partial charge >= 0.3 is 0 Å². The third kappa shape index (κ3) is 4.15. The highest BCUT2D eigenvalue weighted by Crippen LogP contribution is 2.55. The topological polar surface area (TPSA) is 92.8 Å². The van der Waals surface area contributed by atoms with Gasteiger partial charge in [0.25, 0.3) is 0 Å². The first-order valence-electron chi connectivity index (χ1n) is 14.1. The first kappa shape index (κ1) is 25.1. The Balaban J connectivity index is 1.12. The number of benzene rings is 2. The lowest BCUT2D eigenvalue weighted by molar-refractivity contribution is 0.176. The van der Waals surface area contributed by atoms with Gasteiger partial charge in [-0.15, -0.1) is 4.72 Å². The summed E-state index contributed by atoms with van der Waals surface area (Å²) in [4.78, 5) is 12.2. The van der Waals surface area contributed by atoms with Crippen LogP contribution in [0.15, 0.2) is 60.8 Å². The van der Waals surface area contributed by atoms with Gasteiger partial charge in [0.15, 0.2) is 0 Å². The van der Waals surface area contributed by atoms with Gasteiger partial charge in [-0.1, -0.05) is 54.6 Å². The molecule has 7 nitrogen and oxygen atoms in total. The highest BCUT2D eigenvalue weighted by Gasteiger charge is 2.51. The lowest BCUT2D eigenvalue weighted by Crippen LogP contribution is -2.49. The minimum atomic E-state index is -1.13. The smallest absolute Gasteiger partial charge is 0.201 e. The zero-order valence-corrected chi connectivity index (χ0v) is 23.7. The van der Waals surface area contributed by atoms with Crippen molar-refractivity contribution in [3.05, 3.63) is 83.2 Å². The number of aromatic nitrogens is 4. The van der Waals surface area contributed by atoms with Crippen molar-refractivity contribution in [2.24, 2.45) is 5.41 Å². The third-order valence-corrected chi connectivity index (χ3v) is 10.8. The van der Waals surface area contributed by atoms with E-state index in [1.54, 1.807) is 0 Å². The van der Waals surface area contributed by atoms with Gasteiger partial charge in [-0.2, -0.15) is 5.10 Å². The van der Waals surface area contributed by atoms with E-state index >= 15 is 0 Å². The summed E-state index contributed by atoms with van der Waals surface area (Å²) in [5.41, 5.74) is 6.70. The fourth-order valence-electron chi connectivity index (χ4n) is 6.74. The van der Waals surface area contributed by atoms with Crippen molar-refractivity contribution in [1.82, 2.24) is 24.9 Å². The monoisotopic (exact) mass is 540 g/mol. The number of hydrogen-bond acceptors (Lipinski definition) is 6. The summed E-state index contributed by atoms with van der Waals surface area (Å²) in [5.74, 6) is 0.887. The first-order valence-corrected chi connectivity index (χ1v) is 15.2. The second kappa shape index (κ2) is 9.04. The van der Waals surface area contributed by atoms with Crippen molar-refractivity contribution in [3.8, 4) is 0 Å². The molecule has 8 heteroatoms. The molecule has 3 heterocycles. The number of piperidine rings is 1. The summed E-state index contributed by atoms with van der Waals surface area (Å²) >= 11 is -1.13. The molecule has 39 heavy (non-hydrogen) atoms. The molecule has 0 radical (unpaired) electrons. The molecule has 2 aliphatic carbocycles. The van der Waals surface area contributed by atoms with Gasteiger partial charge in [0, 0.05) is 35.3 Å². The average molecular weight is 541 g/mol. The Morgan fingerprint density at radius 1 is 1.00 bits per heavy atom. The van der Waals surface area contributed by atoms with Crippen LogP contribution in [0.25, 0.3) is 11.2 Å². The Bertz CT molecular complexity index is 1500. The van der Waals surface area contributed by atoms with E-state index in [0.29, 0.717) is 5.65 Å². The maximum atomic E-state index is 13.2. The van der Waals surface area contributed by atoms with E-state index in [-0.39, 0.29) is 21.6 Å². The third-order valence-electron chi connectivity index (χ3n) is 9.19. The molecule has 2 aromatic carbocycles. The molecule has 1 aliphatic heterocycles. The van der Waals surface area contributed by atoms with Crippen LogP contribution in [0, 0.1) is 5.41 Å². The second-order valence-corrected chi connectivity index (χ2v) is 14.6. The van der Waals surface area contributed by atoms with Crippen LogP contribution in [0.3, 0.4) is 0 Å². The second-order valence-electron chi connectivity index (χ2n) is 12.6. The van der Waals surface area contributed by atoms with E-state index < -0.39 is 11.4 Å². The van der Waals surface area contributed by atoms with Crippen molar-refractivity contribution in [1.29, 1.82) is 0 Å². The molecule has 2 N–H and O–H groups in total. The predicted octanol–water partition coefficient (Wildman–Crippen LogP) is 5.37. The zero-order chi connectivity index (χ0) is 26.8. The lowest BCUT2D eigenvalue weighted by Gasteiger charge is -2.44. The minimum absolute atomic E-state index is 0.0175. The molecule has 7 rings (SSSR count). The Morgan fingerprint density at radius 3 is 2.44 bits per heavy atom. The maximum absolute atomic E-state index is 13.2. The van der Waals surface area contributed by atoms with Gasteiger partial charge in [-0.3, -0.25) is 5.10 Å². The van der Waals surface area contributed by atoms with Crippen molar-refractivity contribution in [2.45, 2.75) is 69.1 Å². The van der Waals surface area contributed by atoms with E-state index in [1.807, 2.05) is 27.0 Å². The molecule has 0 bridgehead atoms. The summed E-state index contributed by atoms with van der Waals surface area (Å²) in [6.45, 7) is 7.88. The van der Waals surface area contributed by atoms with E-state index in [4.69, 9.17) is 9.97 Å². The summed E-state index contributed by atoms with van der Waals surface area (Å²) in [6, 6.07) is 19.4. The zero-order valence-electron chi connectivity index (χ0n) is 22.9. The average Bonchev–Trinajstić information content (AvgIpc) is 3.55. The summed E-state index contributed by atoms with van der Waals surface area (Å²) < 4.78 is 16.4. The highest BCUT2D eigenvalue weighted by atomic mass is 32.2. The lowest BCUT2D eigenvalue weighted by atomic mass is 9.73. The molecule has 1 unspecified atom stereocenters. The van der Waals surface area contributed by atoms with Crippen LogP contribution in [-0.4, -0.2) is 42.6 Å². The van der Waals surface area contributed by atoms with Crippen LogP contribution in [0.4, 0.5) is 5.82 Å². The van der Waals surface area contributed by atoms with Gasteiger partial charge < -0.3 is 9.45 Å². The number of nitrogens with one attached hydrogen (secondary N) is 2. The number of fused-ring (bicyclic) bond motifs is 2. The van der Waals surface area contributed by atoms with E-state index in [2.05, 4.69) is 74.4 Å². The van der Waals surface area contributed by atoms with Crippen molar-refractivity contribution in [2.75, 3.05) is 18.0 Å². The van der Waals surface area contributed by atoms with Crippen LogP contribution >= 0.6 is 0 Å². The molecule has 0 amide bonds. The molecule has 2 aromatic heterocycles. The van der Waals surface area contributed by atoms with Gasteiger partial charge in [0.2, 0.25) is 5.65 Å². The highest BCUT2D eigenvalue weighted by molar-refractivity contribution is 7.90. The quantitative estimate of drug-likeness (QED) is 0.331. The maximum Gasteiger partial charge on any atom is 0.201 e. The largest absolute Gasteiger partial charge is 0.598 e. The van der Waals surface area contributed by atoms with Crippen LogP contribution in [0.5, 0.6) is 0 Å². The van der Waals surface area contributed by atoms with E-state index in [1.165, 1.54) is 16.7 Å². The van der Waals surface area contributed by atoms with Gasteiger partial charge in [0.1, 0.15) is 16.1 Å². The minimum Gasteiger partial charge on any atom is -0.598 e. The van der Waals surface area contributed by atoms with Crippen LogP contribution < -0.4 is 9.62 Å².